The quantitative estimate of drug-likeness (QED) is 0.668. The summed E-state index contributed by atoms with van der Waals surface area (Å²) in [5, 5.41) is 11.6. The van der Waals surface area contributed by atoms with Crippen LogP contribution in [-0.4, -0.2) is 36.0 Å². The second-order valence-corrected chi connectivity index (χ2v) is 4.65. The van der Waals surface area contributed by atoms with E-state index in [1.165, 1.54) is 0 Å². The van der Waals surface area contributed by atoms with E-state index < -0.39 is 0 Å². The first kappa shape index (κ1) is 14.9. The molecule has 1 amide bonds. The number of nitrogens with zero attached hydrogens (tertiary/aromatic N) is 2. The van der Waals surface area contributed by atoms with Crippen molar-refractivity contribution in [3.8, 4) is 6.07 Å². The fraction of sp³-hybridized carbons (Fsp3) is 0.833. The van der Waals surface area contributed by atoms with Gasteiger partial charge in [-0.25, -0.2) is 0 Å². The number of amides is 1. The van der Waals surface area contributed by atoms with Crippen LogP contribution in [0.2, 0.25) is 0 Å². The molecule has 0 aliphatic carbocycles. The van der Waals surface area contributed by atoms with Gasteiger partial charge in [-0.05, 0) is 33.2 Å². The van der Waals surface area contributed by atoms with Crippen LogP contribution in [0.4, 0.5) is 0 Å². The molecule has 0 saturated carbocycles. The third-order valence-electron chi connectivity index (χ3n) is 2.56. The van der Waals surface area contributed by atoms with Crippen LogP contribution in [0.5, 0.6) is 0 Å². The Morgan fingerprint density at radius 1 is 1.44 bits per heavy atom. The van der Waals surface area contributed by atoms with Crippen LogP contribution in [0, 0.1) is 11.3 Å². The zero-order chi connectivity index (χ0) is 12.6. The predicted molar refractivity (Wildman–Crippen MR) is 64.9 cm³/mol. The molecule has 0 aromatic carbocycles. The first-order valence-corrected chi connectivity index (χ1v) is 5.85. The molecule has 0 aromatic heterocycles. The highest BCUT2D eigenvalue weighted by Gasteiger charge is 2.19. The van der Waals surface area contributed by atoms with Gasteiger partial charge in [0.15, 0.2) is 0 Å². The Hall–Kier alpha value is -1.08. The van der Waals surface area contributed by atoms with Crippen LogP contribution in [0.1, 0.15) is 40.5 Å². The molecule has 0 fully saturated rings. The van der Waals surface area contributed by atoms with E-state index in [4.69, 9.17) is 5.26 Å². The molecule has 0 heterocycles. The van der Waals surface area contributed by atoms with Crippen LogP contribution in [-0.2, 0) is 4.79 Å². The molecule has 1 N–H and O–H groups in total. The van der Waals surface area contributed by atoms with Gasteiger partial charge in [-0.15, -0.1) is 0 Å². The summed E-state index contributed by atoms with van der Waals surface area (Å²) in [6, 6.07) is 2.08. The molecule has 0 aliphatic heterocycles. The maximum atomic E-state index is 11.7. The van der Waals surface area contributed by atoms with Gasteiger partial charge in [-0.1, -0.05) is 13.8 Å². The summed E-state index contributed by atoms with van der Waals surface area (Å²) >= 11 is 0. The largest absolute Gasteiger partial charge is 0.350 e. The van der Waals surface area contributed by atoms with Crippen molar-refractivity contribution in [3.63, 3.8) is 0 Å². The molecule has 0 saturated heterocycles. The highest BCUT2D eigenvalue weighted by atomic mass is 16.2. The zero-order valence-corrected chi connectivity index (χ0v) is 10.8. The first-order valence-electron chi connectivity index (χ1n) is 5.85. The summed E-state index contributed by atoms with van der Waals surface area (Å²) in [6.45, 7) is 9.49. The van der Waals surface area contributed by atoms with Gasteiger partial charge in [-0.3, -0.25) is 9.69 Å². The lowest BCUT2D eigenvalue weighted by Crippen LogP contribution is -2.47. The Morgan fingerprint density at radius 2 is 2.06 bits per heavy atom. The smallest absolute Gasteiger partial charge is 0.234 e. The summed E-state index contributed by atoms with van der Waals surface area (Å²) in [5.74, 6) is -0.00412. The van der Waals surface area contributed by atoms with Crippen molar-refractivity contribution in [3.05, 3.63) is 0 Å². The van der Waals surface area contributed by atoms with Gasteiger partial charge in [0.25, 0.3) is 0 Å². The summed E-state index contributed by atoms with van der Waals surface area (Å²) in [6.07, 6.45) is 1.84. The number of nitrogens with one attached hydrogen (secondary N) is 1. The summed E-state index contributed by atoms with van der Waals surface area (Å²) in [5.41, 5.74) is -0.165. The van der Waals surface area contributed by atoms with E-state index >= 15 is 0 Å². The monoisotopic (exact) mass is 225 g/mol. The van der Waals surface area contributed by atoms with E-state index in [-0.39, 0.29) is 11.4 Å². The van der Waals surface area contributed by atoms with Crippen molar-refractivity contribution in [2.75, 3.05) is 19.6 Å². The second kappa shape index (κ2) is 7.24. The van der Waals surface area contributed by atoms with Gasteiger partial charge >= 0.3 is 0 Å². The van der Waals surface area contributed by atoms with E-state index in [0.29, 0.717) is 13.1 Å². The van der Waals surface area contributed by atoms with Crippen LogP contribution in [0.3, 0.4) is 0 Å². The molecule has 0 spiro atoms. The van der Waals surface area contributed by atoms with Crippen molar-refractivity contribution in [1.82, 2.24) is 10.2 Å². The van der Waals surface area contributed by atoms with Gasteiger partial charge in [0, 0.05) is 5.54 Å². The molecule has 92 valence electrons. The van der Waals surface area contributed by atoms with Crippen molar-refractivity contribution >= 4 is 5.91 Å². The van der Waals surface area contributed by atoms with Gasteiger partial charge in [0.1, 0.15) is 0 Å². The Bertz CT molecular complexity index is 255. The van der Waals surface area contributed by atoms with Crippen LogP contribution in [0.15, 0.2) is 0 Å². The highest BCUT2D eigenvalue weighted by Crippen LogP contribution is 2.06. The molecular weight excluding hydrogens is 202 g/mol. The molecule has 0 bridgehead atoms. The number of rotatable bonds is 7. The highest BCUT2D eigenvalue weighted by molar-refractivity contribution is 5.78. The molecule has 4 heteroatoms. The van der Waals surface area contributed by atoms with Crippen molar-refractivity contribution < 1.29 is 4.79 Å². The number of carbonyl (C=O) groups excluding carboxylic acids is 1. The fourth-order valence-corrected chi connectivity index (χ4v) is 1.34. The minimum atomic E-state index is -0.165. The van der Waals surface area contributed by atoms with Crippen LogP contribution < -0.4 is 5.32 Å². The molecule has 0 radical (unpaired) electrons. The third-order valence-corrected chi connectivity index (χ3v) is 2.56. The minimum Gasteiger partial charge on any atom is -0.350 e. The average molecular weight is 225 g/mol. The SMILES string of the molecule is CCCN(CC#N)CC(=O)NC(C)(C)CC. The third kappa shape index (κ3) is 6.41. The number of hydrogen-bond donors (Lipinski definition) is 1. The molecule has 0 aliphatic rings. The Morgan fingerprint density at radius 3 is 2.50 bits per heavy atom. The van der Waals surface area contributed by atoms with Crippen molar-refractivity contribution in [2.24, 2.45) is 0 Å². The molecule has 0 rings (SSSR count). The lowest BCUT2D eigenvalue weighted by Gasteiger charge is -2.26. The standard InChI is InChI=1S/C12H23N3O/c1-5-8-15(9-7-13)10-11(16)14-12(3,4)6-2/h5-6,8-10H2,1-4H3,(H,14,16). The van der Waals surface area contributed by atoms with E-state index in [9.17, 15) is 4.79 Å². The maximum Gasteiger partial charge on any atom is 0.234 e. The molecule has 0 atom stereocenters. The van der Waals surface area contributed by atoms with Crippen molar-refractivity contribution in [1.29, 1.82) is 5.26 Å². The lowest BCUT2D eigenvalue weighted by molar-refractivity contribution is -0.123. The minimum absolute atomic E-state index is 0.00412. The molecule has 16 heavy (non-hydrogen) atoms. The zero-order valence-electron chi connectivity index (χ0n) is 10.8. The Kier molecular flexibility index (Phi) is 6.75. The van der Waals surface area contributed by atoms with E-state index in [0.717, 1.165) is 19.4 Å². The number of hydrogen-bond acceptors (Lipinski definition) is 3. The second-order valence-electron chi connectivity index (χ2n) is 4.65. The normalized spacial score (nSPS) is 11.2. The topological polar surface area (TPSA) is 56.1 Å². The summed E-state index contributed by atoms with van der Waals surface area (Å²) in [4.78, 5) is 13.6. The fourth-order valence-electron chi connectivity index (χ4n) is 1.34. The molecule has 4 nitrogen and oxygen atoms in total. The number of carbonyl (C=O) groups is 1. The van der Waals surface area contributed by atoms with Gasteiger partial charge in [0.2, 0.25) is 5.91 Å². The van der Waals surface area contributed by atoms with E-state index in [2.05, 4.69) is 11.4 Å². The Balaban J connectivity index is 4.15. The molecular formula is C12H23N3O. The van der Waals surface area contributed by atoms with Crippen LogP contribution in [0.25, 0.3) is 0 Å². The van der Waals surface area contributed by atoms with Gasteiger partial charge < -0.3 is 5.32 Å². The Labute approximate surface area is 98.6 Å². The molecule has 0 aromatic rings. The predicted octanol–water partition coefficient (Wildman–Crippen LogP) is 1.53. The summed E-state index contributed by atoms with van der Waals surface area (Å²) in [7, 11) is 0. The number of nitriles is 1. The first-order chi connectivity index (χ1) is 7.45. The van der Waals surface area contributed by atoms with E-state index in [1.54, 1.807) is 0 Å². The van der Waals surface area contributed by atoms with Gasteiger partial charge in [0.05, 0.1) is 19.2 Å². The molecule has 0 unspecified atom stereocenters. The summed E-state index contributed by atoms with van der Waals surface area (Å²) < 4.78 is 0. The van der Waals surface area contributed by atoms with Crippen molar-refractivity contribution in [2.45, 2.75) is 46.1 Å². The van der Waals surface area contributed by atoms with E-state index in [1.807, 2.05) is 32.6 Å². The average Bonchev–Trinajstić information content (AvgIpc) is 2.17. The van der Waals surface area contributed by atoms with Gasteiger partial charge in [-0.2, -0.15) is 5.26 Å². The maximum absolute atomic E-state index is 11.7. The lowest BCUT2D eigenvalue weighted by atomic mass is 10.0. The van der Waals surface area contributed by atoms with Crippen LogP contribution >= 0.6 is 0 Å².